The van der Waals surface area contributed by atoms with E-state index in [4.69, 9.17) is 32.7 Å². The summed E-state index contributed by atoms with van der Waals surface area (Å²) in [4.78, 5) is 2.43. The molecule has 0 aliphatic heterocycles. The highest BCUT2D eigenvalue weighted by Crippen LogP contribution is 2.30. The number of rotatable bonds is 12. The molecule has 4 nitrogen and oxygen atoms in total. The summed E-state index contributed by atoms with van der Waals surface area (Å²) in [7, 11) is 1.65. The SMILES string of the molecule is CCN(CC)CCCNCc1ccc(OCc2ccc(Cl)cc2Cl)c(OC)c1.Cl.Cl. The van der Waals surface area contributed by atoms with Crippen LogP contribution < -0.4 is 14.8 Å². The van der Waals surface area contributed by atoms with Gasteiger partial charge in [0.2, 0.25) is 0 Å². The number of hydrogen-bond donors (Lipinski definition) is 1. The van der Waals surface area contributed by atoms with Gasteiger partial charge in [0, 0.05) is 22.2 Å². The molecule has 170 valence electrons. The maximum absolute atomic E-state index is 6.21. The monoisotopic (exact) mass is 496 g/mol. The molecule has 1 N–H and O–H groups in total. The molecule has 0 unspecified atom stereocenters. The summed E-state index contributed by atoms with van der Waals surface area (Å²) in [6, 6.07) is 11.4. The molecule has 0 aliphatic rings. The van der Waals surface area contributed by atoms with Crippen LogP contribution in [0.5, 0.6) is 11.5 Å². The van der Waals surface area contributed by atoms with Gasteiger partial charge in [0.25, 0.3) is 0 Å². The second-order valence-electron chi connectivity index (χ2n) is 6.57. The van der Waals surface area contributed by atoms with Crippen molar-refractivity contribution in [1.29, 1.82) is 0 Å². The van der Waals surface area contributed by atoms with Gasteiger partial charge in [0.15, 0.2) is 11.5 Å². The zero-order valence-corrected chi connectivity index (χ0v) is 20.9. The van der Waals surface area contributed by atoms with Crippen LogP contribution >= 0.6 is 48.0 Å². The maximum atomic E-state index is 6.21. The smallest absolute Gasteiger partial charge is 0.161 e. The van der Waals surface area contributed by atoms with Gasteiger partial charge in [-0.15, -0.1) is 24.8 Å². The van der Waals surface area contributed by atoms with Crippen LogP contribution in [0.1, 0.15) is 31.4 Å². The molecule has 8 heteroatoms. The van der Waals surface area contributed by atoms with Crippen molar-refractivity contribution >= 4 is 48.0 Å². The third kappa shape index (κ3) is 9.51. The van der Waals surface area contributed by atoms with Crippen molar-refractivity contribution < 1.29 is 9.47 Å². The second-order valence-corrected chi connectivity index (χ2v) is 7.41. The molecule has 0 spiro atoms. The number of halogens is 4. The third-order valence-electron chi connectivity index (χ3n) is 4.68. The van der Waals surface area contributed by atoms with Crippen LogP contribution in [0, 0.1) is 0 Å². The van der Waals surface area contributed by atoms with Gasteiger partial charge in [-0.2, -0.15) is 0 Å². The summed E-state index contributed by atoms with van der Waals surface area (Å²) >= 11 is 12.1. The molecule has 0 saturated carbocycles. The molecule has 0 radical (unpaired) electrons. The van der Waals surface area contributed by atoms with E-state index in [2.05, 4.69) is 30.1 Å². The normalized spacial score (nSPS) is 10.3. The highest BCUT2D eigenvalue weighted by atomic mass is 35.5. The minimum Gasteiger partial charge on any atom is -0.493 e. The topological polar surface area (TPSA) is 33.7 Å². The number of nitrogens with zero attached hydrogens (tertiary/aromatic N) is 1. The first kappa shape index (κ1) is 29.1. The molecule has 0 amide bonds. The Kier molecular flexibility index (Phi) is 15.4. The van der Waals surface area contributed by atoms with Gasteiger partial charge in [-0.3, -0.25) is 0 Å². The van der Waals surface area contributed by atoms with Gasteiger partial charge in [-0.25, -0.2) is 0 Å². The molecule has 0 bridgehead atoms. The third-order valence-corrected chi connectivity index (χ3v) is 5.26. The van der Waals surface area contributed by atoms with Crippen molar-refractivity contribution in [3.05, 3.63) is 57.6 Å². The van der Waals surface area contributed by atoms with E-state index in [9.17, 15) is 0 Å². The standard InChI is InChI=1S/C22H30Cl2N2O2.2ClH/c1-4-26(5-2)12-6-11-25-15-17-7-10-21(22(13-17)27-3)28-16-18-8-9-19(23)14-20(18)24;;/h7-10,13-14,25H,4-6,11-12,15-16H2,1-3H3;2*1H. The molecule has 0 aliphatic carbocycles. The fourth-order valence-corrected chi connectivity index (χ4v) is 3.40. The first-order valence-electron chi connectivity index (χ1n) is 9.74. The van der Waals surface area contributed by atoms with Crippen LogP contribution in [-0.4, -0.2) is 38.2 Å². The summed E-state index contributed by atoms with van der Waals surface area (Å²) in [5, 5.41) is 4.70. The highest BCUT2D eigenvalue weighted by molar-refractivity contribution is 6.35. The summed E-state index contributed by atoms with van der Waals surface area (Å²) in [6.45, 7) is 9.90. The minimum absolute atomic E-state index is 0. The fourth-order valence-electron chi connectivity index (χ4n) is 2.94. The lowest BCUT2D eigenvalue weighted by Crippen LogP contribution is -2.27. The molecular weight excluding hydrogens is 466 g/mol. The molecule has 0 aromatic heterocycles. The van der Waals surface area contributed by atoms with Gasteiger partial charge in [0.1, 0.15) is 6.61 Å². The van der Waals surface area contributed by atoms with Crippen LogP contribution in [0.15, 0.2) is 36.4 Å². The Labute approximate surface area is 203 Å². The Hall–Kier alpha value is -0.880. The van der Waals surface area contributed by atoms with Crippen molar-refractivity contribution in [2.75, 3.05) is 33.3 Å². The number of methoxy groups -OCH3 is 1. The highest BCUT2D eigenvalue weighted by Gasteiger charge is 2.08. The first-order valence-corrected chi connectivity index (χ1v) is 10.5. The van der Waals surface area contributed by atoms with Gasteiger partial charge in [-0.05, 0) is 62.4 Å². The summed E-state index contributed by atoms with van der Waals surface area (Å²) in [5.74, 6) is 1.41. The van der Waals surface area contributed by atoms with Crippen LogP contribution in [0.3, 0.4) is 0 Å². The van der Waals surface area contributed by atoms with E-state index in [-0.39, 0.29) is 24.8 Å². The zero-order chi connectivity index (χ0) is 20.4. The van der Waals surface area contributed by atoms with Crippen molar-refractivity contribution in [3.8, 4) is 11.5 Å². The summed E-state index contributed by atoms with van der Waals surface area (Å²) < 4.78 is 11.4. The van der Waals surface area contributed by atoms with Crippen LogP contribution in [0.25, 0.3) is 0 Å². The first-order chi connectivity index (χ1) is 13.6. The second kappa shape index (κ2) is 15.9. The largest absolute Gasteiger partial charge is 0.493 e. The average Bonchev–Trinajstić information content (AvgIpc) is 2.70. The quantitative estimate of drug-likeness (QED) is 0.351. The van der Waals surface area contributed by atoms with E-state index in [1.165, 1.54) is 0 Å². The molecule has 2 aromatic rings. The van der Waals surface area contributed by atoms with Gasteiger partial charge in [0.05, 0.1) is 7.11 Å². The van der Waals surface area contributed by atoms with E-state index in [0.29, 0.717) is 28.2 Å². The number of benzene rings is 2. The predicted octanol–water partition coefficient (Wildman–Crippen LogP) is 6.25. The van der Waals surface area contributed by atoms with Gasteiger partial charge < -0.3 is 19.7 Å². The van der Waals surface area contributed by atoms with Crippen molar-refractivity contribution in [2.24, 2.45) is 0 Å². The minimum atomic E-state index is 0. The lowest BCUT2D eigenvalue weighted by Gasteiger charge is -2.17. The van der Waals surface area contributed by atoms with Gasteiger partial charge >= 0.3 is 0 Å². The Balaban J connectivity index is 0.00000420. The Morgan fingerprint density at radius 1 is 0.967 bits per heavy atom. The average molecular weight is 498 g/mol. The molecular formula is C22H32Cl4N2O2. The van der Waals surface area contributed by atoms with Crippen molar-refractivity contribution in [3.63, 3.8) is 0 Å². The Morgan fingerprint density at radius 3 is 2.33 bits per heavy atom. The van der Waals surface area contributed by atoms with Crippen LogP contribution in [-0.2, 0) is 13.2 Å². The van der Waals surface area contributed by atoms with Crippen LogP contribution in [0.2, 0.25) is 10.0 Å². The van der Waals surface area contributed by atoms with Crippen LogP contribution in [0.4, 0.5) is 0 Å². The van der Waals surface area contributed by atoms with Crippen molar-refractivity contribution in [1.82, 2.24) is 10.2 Å². The lowest BCUT2D eigenvalue weighted by atomic mass is 10.2. The molecule has 2 rings (SSSR count). The van der Waals surface area contributed by atoms with E-state index < -0.39 is 0 Å². The number of ether oxygens (including phenoxy) is 2. The van der Waals surface area contributed by atoms with E-state index in [1.807, 2.05) is 18.2 Å². The summed E-state index contributed by atoms with van der Waals surface area (Å²) in [6.07, 6.45) is 1.14. The zero-order valence-electron chi connectivity index (χ0n) is 17.7. The lowest BCUT2D eigenvalue weighted by molar-refractivity contribution is 0.284. The molecule has 0 heterocycles. The number of nitrogens with one attached hydrogen (secondary N) is 1. The molecule has 0 saturated heterocycles. The predicted molar refractivity (Wildman–Crippen MR) is 132 cm³/mol. The molecule has 30 heavy (non-hydrogen) atoms. The summed E-state index contributed by atoms with van der Waals surface area (Å²) in [5.41, 5.74) is 2.05. The van der Waals surface area contributed by atoms with Crippen molar-refractivity contribution in [2.45, 2.75) is 33.4 Å². The van der Waals surface area contributed by atoms with E-state index in [0.717, 1.165) is 50.3 Å². The van der Waals surface area contributed by atoms with E-state index >= 15 is 0 Å². The Morgan fingerprint density at radius 2 is 1.70 bits per heavy atom. The fraction of sp³-hybridized carbons (Fsp3) is 0.455. The van der Waals surface area contributed by atoms with E-state index in [1.54, 1.807) is 19.2 Å². The molecule has 0 atom stereocenters. The molecule has 0 fully saturated rings. The van der Waals surface area contributed by atoms with Gasteiger partial charge in [-0.1, -0.05) is 49.2 Å². The Bertz CT molecular complexity index is 743. The maximum Gasteiger partial charge on any atom is 0.161 e. The number of hydrogen-bond acceptors (Lipinski definition) is 4. The molecule has 2 aromatic carbocycles.